The minimum atomic E-state index is -3.63. The molecular weight excluding hydrogens is 390 g/mol. The molecule has 0 bridgehead atoms. The van der Waals surface area contributed by atoms with Gasteiger partial charge in [-0.1, -0.05) is 13.0 Å². The van der Waals surface area contributed by atoms with Crippen molar-refractivity contribution in [1.82, 2.24) is 9.12 Å². The lowest BCUT2D eigenvalue weighted by molar-refractivity contribution is 0.0472. The molecule has 0 aliphatic heterocycles. The van der Waals surface area contributed by atoms with E-state index in [1.54, 1.807) is 17.5 Å². The molecule has 3 rings (SSSR count). The highest BCUT2D eigenvalue weighted by molar-refractivity contribution is 7.89. The summed E-state index contributed by atoms with van der Waals surface area (Å²) >= 11 is 0. The Morgan fingerprint density at radius 1 is 1.24 bits per heavy atom. The number of nitrogens with one attached hydrogen (secondary N) is 1. The van der Waals surface area contributed by atoms with Crippen molar-refractivity contribution in [1.29, 1.82) is 5.26 Å². The Kier molecular flexibility index (Phi) is 6.01. The van der Waals surface area contributed by atoms with Crippen molar-refractivity contribution in [2.24, 2.45) is 0 Å². The third kappa shape index (κ3) is 4.47. The van der Waals surface area contributed by atoms with Crippen LogP contribution in [0.5, 0.6) is 0 Å². The Bertz CT molecular complexity index is 1170. The van der Waals surface area contributed by atoms with Crippen LogP contribution in [0.4, 0.5) is 0 Å². The van der Waals surface area contributed by atoms with Crippen molar-refractivity contribution in [2.75, 3.05) is 0 Å². The fraction of sp³-hybridized carbons (Fsp3) is 0.238. The van der Waals surface area contributed by atoms with Gasteiger partial charge in [-0.25, -0.2) is 17.9 Å². The van der Waals surface area contributed by atoms with Crippen LogP contribution in [0.15, 0.2) is 59.8 Å². The van der Waals surface area contributed by atoms with E-state index in [-0.39, 0.29) is 23.1 Å². The number of esters is 1. The molecule has 0 saturated heterocycles. The highest BCUT2D eigenvalue weighted by atomic mass is 32.2. The van der Waals surface area contributed by atoms with Gasteiger partial charge < -0.3 is 9.14 Å². The van der Waals surface area contributed by atoms with Crippen molar-refractivity contribution in [2.45, 2.75) is 37.8 Å². The van der Waals surface area contributed by atoms with E-state index in [1.165, 1.54) is 24.3 Å². The average molecular weight is 411 g/mol. The smallest absolute Gasteiger partial charge is 0.338 e. The highest BCUT2D eigenvalue weighted by Crippen LogP contribution is 2.19. The molecule has 29 heavy (non-hydrogen) atoms. The standard InChI is InChI=1S/C21H21N3O4S/c1-3-15(2)23-29(26,27)18-9-7-16(8-10-18)21(25)28-14-17-13-24-11-5-4-6-20(24)19(17)12-22/h4-11,13,15,23H,3,14H2,1-2H3/t15-/m0/s1. The number of hydrogen-bond acceptors (Lipinski definition) is 5. The van der Waals surface area contributed by atoms with Gasteiger partial charge >= 0.3 is 5.97 Å². The topological polar surface area (TPSA) is 101 Å². The number of ether oxygens (including phenoxy) is 1. The average Bonchev–Trinajstić information content (AvgIpc) is 3.09. The number of carbonyl (C=O) groups excluding carboxylic acids is 1. The molecule has 0 aliphatic rings. The molecule has 7 nitrogen and oxygen atoms in total. The van der Waals surface area contributed by atoms with Crippen LogP contribution >= 0.6 is 0 Å². The zero-order valence-corrected chi connectivity index (χ0v) is 16.9. The largest absolute Gasteiger partial charge is 0.457 e. The molecule has 0 unspecified atom stereocenters. The van der Waals surface area contributed by atoms with Crippen LogP contribution in [0.1, 0.15) is 41.8 Å². The lowest BCUT2D eigenvalue weighted by Crippen LogP contribution is -2.32. The first-order valence-electron chi connectivity index (χ1n) is 9.14. The highest BCUT2D eigenvalue weighted by Gasteiger charge is 2.18. The molecule has 1 N–H and O–H groups in total. The summed E-state index contributed by atoms with van der Waals surface area (Å²) in [4.78, 5) is 12.4. The van der Waals surface area contributed by atoms with E-state index in [0.717, 1.165) is 5.52 Å². The molecule has 0 amide bonds. The molecule has 2 aromatic heterocycles. The minimum Gasteiger partial charge on any atom is -0.457 e. The first-order chi connectivity index (χ1) is 13.9. The number of hydrogen-bond donors (Lipinski definition) is 1. The summed E-state index contributed by atoms with van der Waals surface area (Å²) in [6.07, 6.45) is 4.23. The number of rotatable bonds is 7. The molecule has 2 heterocycles. The molecular formula is C21H21N3O4S. The molecule has 1 atom stereocenters. The summed E-state index contributed by atoms with van der Waals surface area (Å²) in [5, 5.41) is 9.41. The third-order valence-corrected chi connectivity index (χ3v) is 6.21. The predicted molar refractivity (Wildman–Crippen MR) is 108 cm³/mol. The first kappa shape index (κ1) is 20.6. The van der Waals surface area contributed by atoms with Crippen LogP contribution in [-0.2, 0) is 21.4 Å². The van der Waals surface area contributed by atoms with E-state index >= 15 is 0 Å². The fourth-order valence-electron chi connectivity index (χ4n) is 2.83. The predicted octanol–water partition coefficient (Wildman–Crippen LogP) is 3.24. The maximum absolute atomic E-state index is 12.3. The lowest BCUT2D eigenvalue weighted by Gasteiger charge is -2.12. The second-order valence-electron chi connectivity index (χ2n) is 6.67. The Hall–Kier alpha value is -3.15. The fourth-order valence-corrected chi connectivity index (χ4v) is 4.16. The van der Waals surface area contributed by atoms with Crippen molar-refractivity contribution in [3.63, 3.8) is 0 Å². The Balaban J connectivity index is 1.71. The number of benzene rings is 1. The van der Waals surface area contributed by atoms with E-state index in [1.807, 2.05) is 31.3 Å². The first-order valence-corrected chi connectivity index (χ1v) is 10.6. The maximum atomic E-state index is 12.3. The summed E-state index contributed by atoms with van der Waals surface area (Å²) in [6, 6.07) is 13.0. The van der Waals surface area contributed by atoms with Gasteiger partial charge in [-0.3, -0.25) is 0 Å². The molecule has 0 aliphatic carbocycles. The van der Waals surface area contributed by atoms with Gasteiger partial charge in [0.15, 0.2) is 0 Å². The SMILES string of the molecule is CC[C@H](C)NS(=O)(=O)c1ccc(C(=O)OCc2cn3ccccc3c2C#N)cc1. The van der Waals surface area contributed by atoms with E-state index < -0.39 is 16.0 Å². The number of sulfonamides is 1. The molecule has 3 aromatic rings. The molecule has 1 aromatic carbocycles. The molecule has 0 spiro atoms. The second kappa shape index (κ2) is 8.47. The van der Waals surface area contributed by atoms with Gasteiger partial charge in [0, 0.05) is 24.0 Å². The monoisotopic (exact) mass is 411 g/mol. The van der Waals surface area contributed by atoms with Crippen LogP contribution in [0, 0.1) is 11.3 Å². The van der Waals surface area contributed by atoms with Crippen molar-refractivity contribution in [3.05, 3.63) is 71.5 Å². The number of fused-ring (bicyclic) bond motifs is 1. The quantitative estimate of drug-likeness (QED) is 0.602. The Labute approximate surface area is 169 Å². The van der Waals surface area contributed by atoms with Gasteiger partial charge in [0.2, 0.25) is 10.0 Å². The van der Waals surface area contributed by atoms with E-state index in [9.17, 15) is 18.5 Å². The van der Waals surface area contributed by atoms with Gasteiger partial charge in [0.05, 0.1) is 21.5 Å². The second-order valence-corrected chi connectivity index (χ2v) is 8.38. The van der Waals surface area contributed by atoms with Crippen LogP contribution in [0.25, 0.3) is 5.52 Å². The Morgan fingerprint density at radius 2 is 1.97 bits per heavy atom. The van der Waals surface area contributed by atoms with Gasteiger partial charge in [-0.05, 0) is 49.7 Å². The number of nitriles is 1. The summed E-state index contributed by atoms with van der Waals surface area (Å²) in [7, 11) is -3.63. The number of carbonyl (C=O) groups is 1. The summed E-state index contributed by atoms with van der Waals surface area (Å²) < 4.78 is 34.3. The minimum absolute atomic E-state index is 0.0565. The van der Waals surface area contributed by atoms with Crippen molar-refractivity contribution in [3.8, 4) is 6.07 Å². The maximum Gasteiger partial charge on any atom is 0.338 e. The van der Waals surface area contributed by atoms with E-state index in [4.69, 9.17) is 4.74 Å². The van der Waals surface area contributed by atoms with Crippen LogP contribution in [0.3, 0.4) is 0 Å². The molecule has 0 fully saturated rings. The normalized spacial score (nSPS) is 12.4. The number of nitrogens with zero attached hydrogens (tertiary/aromatic N) is 2. The Morgan fingerprint density at radius 3 is 2.62 bits per heavy atom. The summed E-state index contributed by atoms with van der Waals surface area (Å²) in [5.41, 5.74) is 2.03. The van der Waals surface area contributed by atoms with Crippen molar-refractivity contribution >= 4 is 21.5 Å². The van der Waals surface area contributed by atoms with Crippen LogP contribution in [-0.4, -0.2) is 24.8 Å². The number of pyridine rings is 1. The van der Waals surface area contributed by atoms with E-state index in [2.05, 4.69) is 10.8 Å². The zero-order valence-electron chi connectivity index (χ0n) is 16.1. The van der Waals surface area contributed by atoms with Gasteiger partial charge in [-0.15, -0.1) is 0 Å². The lowest BCUT2D eigenvalue weighted by atomic mass is 10.2. The van der Waals surface area contributed by atoms with E-state index in [0.29, 0.717) is 17.5 Å². The molecule has 8 heteroatoms. The summed E-state index contributed by atoms with van der Waals surface area (Å²) in [5.74, 6) is -0.594. The van der Waals surface area contributed by atoms with Gasteiger partial charge in [0.1, 0.15) is 12.7 Å². The zero-order chi connectivity index (χ0) is 21.0. The van der Waals surface area contributed by atoms with Crippen LogP contribution < -0.4 is 4.72 Å². The third-order valence-electron chi connectivity index (χ3n) is 4.60. The molecule has 0 radical (unpaired) electrons. The van der Waals surface area contributed by atoms with Crippen molar-refractivity contribution < 1.29 is 17.9 Å². The van der Waals surface area contributed by atoms with Crippen LogP contribution in [0.2, 0.25) is 0 Å². The molecule has 150 valence electrons. The number of aromatic nitrogens is 1. The molecule has 0 saturated carbocycles. The summed E-state index contributed by atoms with van der Waals surface area (Å²) in [6.45, 7) is 3.61. The van der Waals surface area contributed by atoms with Gasteiger partial charge in [0.25, 0.3) is 0 Å². The van der Waals surface area contributed by atoms with Gasteiger partial charge in [-0.2, -0.15) is 5.26 Å².